The van der Waals surface area contributed by atoms with Crippen molar-refractivity contribution in [3.05, 3.63) is 53.6 Å². The Morgan fingerprint density at radius 2 is 1.86 bits per heavy atom. The highest BCUT2D eigenvalue weighted by molar-refractivity contribution is 6.09. The van der Waals surface area contributed by atoms with Crippen molar-refractivity contribution in [2.45, 2.75) is 12.0 Å². The number of hydrogen-bond acceptors (Lipinski definition) is 5. The third-order valence-corrected chi connectivity index (χ3v) is 3.69. The lowest BCUT2D eigenvalue weighted by atomic mass is 9.88. The third kappa shape index (κ3) is 2.10. The van der Waals surface area contributed by atoms with Crippen LogP contribution in [0.5, 0.6) is 11.5 Å². The molecule has 1 heterocycles. The minimum Gasteiger partial charge on any atom is -0.508 e. The summed E-state index contributed by atoms with van der Waals surface area (Å²) in [6.07, 6.45) is -0.506. The molecule has 3 rings (SSSR count). The van der Waals surface area contributed by atoms with Crippen LogP contribution in [0, 0.1) is 0 Å². The number of para-hydroxylation sites is 1. The average Bonchev–Trinajstić information content (AvgIpc) is 2.70. The van der Waals surface area contributed by atoms with Crippen LogP contribution in [0.15, 0.2) is 42.5 Å². The smallest absolute Gasteiger partial charge is 0.261 e. The van der Waals surface area contributed by atoms with Gasteiger partial charge in [-0.2, -0.15) is 0 Å². The number of anilines is 1. The Bertz CT molecular complexity index is 786. The van der Waals surface area contributed by atoms with Crippen molar-refractivity contribution in [1.29, 1.82) is 0 Å². The Hall–Kier alpha value is -2.86. The van der Waals surface area contributed by atoms with E-state index in [1.165, 1.54) is 12.1 Å². The van der Waals surface area contributed by atoms with Crippen molar-refractivity contribution in [3.8, 4) is 11.5 Å². The highest BCUT2D eigenvalue weighted by atomic mass is 16.3. The van der Waals surface area contributed by atoms with Crippen molar-refractivity contribution < 1.29 is 24.9 Å². The number of nitrogens with one attached hydrogen (secondary N) is 1. The number of benzene rings is 2. The van der Waals surface area contributed by atoms with Gasteiger partial charge in [0.15, 0.2) is 11.4 Å². The maximum atomic E-state index is 12.3. The number of carbonyl (C=O) groups is 2. The maximum Gasteiger partial charge on any atom is 0.261 e. The quantitative estimate of drug-likeness (QED) is 0.643. The van der Waals surface area contributed by atoms with Crippen LogP contribution in [0.4, 0.5) is 5.69 Å². The number of fused-ring (bicyclic) bond motifs is 1. The molecule has 0 saturated heterocycles. The second kappa shape index (κ2) is 4.85. The van der Waals surface area contributed by atoms with Gasteiger partial charge in [-0.25, -0.2) is 0 Å². The molecule has 1 aliphatic heterocycles. The summed E-state index contributed by atoms with van der Waals surface area (Å²) >= 11 is 0. The zero-order chi connectivity index (χ0) is 15.9. The summed E-state index contributed by atoms with van der Waals surface area (Å²) in [6, 6.07) is 10.1. The van der Waals surface area contributed by atoms with E-state index in [9.17, 15) is 24.9 Å². The second-order valence-electron chi connectivity index (χ2n) is 5.16. The van der Waals surface area contributed by atoms with Crippen molar-refractivity contribution in [3.63, 3.8) is 0 Å². The topological polar surface area (TPSA) is 107 Å². The highest BCUT2D eigenvalue weighted by Gasteiger charge is 2.46. The van der Waals surface area contributed by atoms with Crippen molar-refractivity contribution in [1.82, 2.24) is 0 Å². The van der Waals surface area contributed by atoms with Crippen LogP contribution >= 0.6 is 0 Å². The van der Waals surface area contributed by atoms with E-state index in [4.69, 9.17) is 0 Å². The monoisotopic (exact) mass is 299 g/mol. The van der Waals surface area contributed by atoms with Gasteiger partial charge in [0.25, 0.3) is 5.91 Å². The van der Waals surface area contributed by atoms with Gasteiger partial charge in [-0.15, -0.1) is 0 Å². The van der Waals surface area contributed by atoms with E-state index < -0.39 is 29.5 Å². The van der Waals surface area contributed by atoms with Crippen LogP contribution in [0.2, 0.25) is 0 Å². The molecule has 0 aliphatic carbocycles. The van der Waals surface area contributed by atoms with Crippen LogP contribution in [0.1, 0.15) is 22.3 Å². The Labute approximate surface area is 125 Å². The van der Waals surface area contributed by atoms with E-state index in [0.717, 1.165) is 6.07 Å². The Morgan fingerprint density at radius 1 is 1.14 bits per heavy atom. The molecular weight excluding hydrogens is 286 g/mol. The van der Waals surface area contributed by atoms with E-state index in [-0.39, 0.29) is 11.3 Å². The van der Waals surface area contributed by atoms with E-state index in [2.05, 4.69) is 5.32 Å². The van der Waals surface area contributed by atoms with Gasteiger partial charge in [0.05, 0.1) is 12.0 Å². The molecular formula is C16H13NO5. The predicted molar refractivity (Wildman–Crippen MR) is 77.7 cm³/mol. The van der Waals surface area contributed by atoms with Crippen LogP contribution in [0.25, 0.3) is 0 Å². The number of rotatable bonds is 3. The summed E-state index contributed by atoms with van der Waals surface area (Å²) in [7, 11) is 0. The lowest BCUT2D eigenvalue weighted by Crippen LogP contribution is -2.36. The molecule has 2 aromatic carbocycles. The number of carbonyl (C=O) groups excluding carboxylic acids is 2. The van der Waals surface area contributed by atoms with Gasteiger partial charge in [-0.1, -0.05) is 18.2 Å². The van der Waals surface area contributed by atoms with Gasteiger partial charge < -0.3 is 20.6 Å². The summed E-state index contributed by atoms with van der Waals surface area (Å²) < 4.78 is 0. The number of aliphatic hydroxyl groups is 1. The molecule has 1 amide bonds. The fourth-order valence-electron chi connectivity index (χ4n) is 2.56. The molecule has 0 saturated carbocycles. The number of hydrogen-bond donors (Lipinski definition) is 4. The first-order valence-corrected chi connectivity index (χ1v) is 6.60. The zero-order valence-corrected chi connectivity index (χ0v) is 11.4. The summed E-state index contributed by atoms with van der Waals surface area (Å²) in [5, 5.41) is 32.1. The van der Waals surface area contributed by atoms with Crippen molar-refractivity contribution >= 4 is 17.4 Å². The maximum absolute atomic E-state index is 12.3. The summed E-state index contributed by atoms with van der Waals surface area (Å²) in [5.41, 5.74) is -1.26. The molecule has 1 unspecified atom stereocenters. The molecule has 0 spiro atoms. The first-order chi connectivity index (χ1) is 10.4. The second-order valence-corrected chi connectivity index (χ2v) is 5.16. The minimum absolute atomic E-state index is 0.0663. The normalized spacial score (nSPS) is 19.6. The summed E-state index contributed by atoms with van der Waals surface area (Å²) in [4.78, 5) is 24.4. The Morgan fingerprint density at radius 3 is 2.59 bits per heavy atom. The zero-order valence-electron chi connectivity index (χ0n) is 11.4. The largest absolute Gasteiger partial charge is 0.508 e. The highest BCUT2D eigenvalue weighted by Crippen LogP contribution is 2.39. The fourth-order valence-corrected chi connectivity index (χ4v) is 2.56. The lowest BCUT2D eigenvalue weighted by Gasteiger charge is -2.20. The molecule has 6 heteroatoms. The Kier molecular flexibility index (Phi) is 3.11. The number of Topliss-reactive ketones (excluding diaryl/α,β-unsaturated/α-hetero) is 1. The Balaban J connectivity index is 1.95. The van der Waals surface area contributed by atoms with Gasteiger partial charge in [0.2, 0.25) is 0 Å². The van der Waals surface area contributed by atoms with Crippen LogP contribution < -0.4 is 5.32 Å². The van der Waals surface area contributed by atoms with Gasteiger partial charge in [-0.05, 0) is 18.2 Å². The van der Waals surface area contributed by atoms with Crippen LogP contribution in [-0.2, 0) is 10.4 Å². The number of amides is 1. The van der Waals surface area contributed by atoms with Crippen LogP contribution in [0.3, 0.4) is 0 Å². The van der Waals surface area contributed by atoms with E-state index in [0.29, 0.717) is 11.3 Å². The molecule has 0 fully saturated rings. The molecule has 1 aliphatic rings. The van der Waals surface area contributed by atoms with Crippen molar-refractivity contribution in [2.24, 2.45) is 0 Å². The minimum atomic E-state index is -1.97. The van der Waals surface area contributed by atoms with E-state index >= 15 is 0 Å². The summed E-state index contributed by atoms with van der Waals surface area (Å²) in [6.45, 7) is 0. The van der Waals surface area contributed by atoms with Crippen LogP contribution in [-0.4, -0.2) is 27.0 Å². The van der Waals surface area contributed by atoms with E-state index in [1.807, 2.05) is 0 Å². The van der Waals surface area contributed by atoms with Gasteiger partial charge in [-0.3, -0.25) is 9.59 Å². The molecule has 2 aromatic rings. The molecule has 0 aromatic heterocycles. The standard InChI is InChI=1S/C16H13NO5/c18-9-5-6-10(13(19)7-9)14(20)8-16(22)11-3-1-2-4-12(11)17-15(16)21/h1-7,18-19,22H,8H2,(H,17,21). The van der Waals surface area contributed by atoms with Gasteiger partial charge in [0, 0.05) is 17.3 Å². The average molecular weight is 299 g/mol. The number of phenols is 2. The molecule has 112 valence electrons. The molecule has 1 atom stereocenters. The number of ketones is 1. The number of aromatic hydroxyl groups is 2. The lowest BCUT2D eigenvalue weighted by molar-refractivity contribution is -0.133. The first-order valence-electron chi connectivity index (χ1n) is 6.60. The molecule has 22 heavy (non-hydrogen) atoms. The summed E-state index contributed by atoms with van der Waals surface area (Å²) in [5.74, 6) is -1.87. The van der Waals surface area contributed by atoms with E-state index in [1.54, 1.807) is 24.3 Å². The molecule has 4 N–H and O–H groups in total. The van der Waals surface area contributed by atoms with Gasteiger partial charge in [0.1, 0.15) is 11.5 Å². The molecule has 0 bridgehead atoms. The number of phenolic OH excluding ortho intramolecular Hbond substituents is 2. The molecule has 0 radical (unpaired) electrons. The first kappa shape index (κ1) is 14.1. The van der Waals surface area contributed by atoms with Crippen molar-refractivity contribution in [2.75, 3.05) is 5.32 Å². The third-order valence-electron chi connectivity index (χ3n) is 3.69. The SMILES string of the molecule is O=C(CC1(O)C(=O)Nc2ccccc21)c1ccc(O)cc1O. The fraction of sp³-hybridized carbons (Fsp3) is 0.125. The van der Waals surface area contributed by atoms with Gasteiger partial charge >= 0.3 is 0 Å². The predicted octanol–water partition coefficient (Wildman–Crippen LogP) is 1.51. The molecule has 6 nitrogen and oxygen atoms in total.